The van der Waals surface area contributed by atoms with E-state index in [9.17, 15) is 0 Å². The normalized spacial score (nSPS) is 19.1. The lowest BCUT2D eigenvalue weighted by atomic mass is 9.94. The van der Waals surface area contributed by atoms with Crippen molar-refractivity contribution in [2.45, 2.75) is 25.0 Å². The molecule has 1 aromatic rings. The summed E-state index contributed by atoms with van der Waals surface area (Å²) < 4.78 is 11.0. The molecule has 1 N–H and O–H groups in total. The SMILES string of the molecule is COC1(CNCc2ccccn2)CCOCC1. The summed E-state index contributed by atoms with van der Waals surface area (Å²) in [7, 11) is 1.79. The number of hydrogen-bond acceptors (Lipinski definition) is 4. The topological polar surface area (TPSA) is 43.4 Å². The molecule has 94 valence electrons. The molecule has 0 unspecified atom stereocenters. The van der Waals surface area contributed by atoms with Crippen molar-refractivity contribution in [3.8, 4) is 0 Å². The van der Waals surface area contributed by atoms with Gasteiger partial charge in [-0.05, 0) is 12.1 Å². The Kier molecular flexibility index (Phi) is 4.48. The average Bonchev–Trinajstić information content (AvgIpc) is 2.41. The van der Waals surface area contributed by atoms with Crippen LogP contribution in [0.15, 0.2) is 24.4 Å². The molecular formula is C13H20N2O2. The molecule has 0 bridgehead atoms. The predicted octanol–water partition coefficient (Wildman–Crippen LogP) is 1.37. The van der Waals surface area contributed by atoms with Crippen molar-refractivity contribution in [1.82, 2.24) is 10.3 Å². The zero-order valence-electron chi connectivity index (χ0n) is 10.3. The quantitative estimate of drug-likeness (QED) is 0.838. The van der Waals surface area contributed by atoms with Crippen LogP contribution in [0.1, 0.15) is 18.5 Å². The molecule has 17 heavy (non-hydrogen) atoms. The lowest BCUT2D eigenvalue weighted by Crippen LogP contribution is -2.46. The number of methoxy groups -OCH3 is 1. The molecule has 0 atom stereocenters. The molecule has 0 aliphatic carbocycles. The molecule has 0 radical (unpaired) electrons. The van der Waals surface area contributed by atoms with Gasteiger partial charge in [0.1, 0.15) is 0 Å². The molecule has 4 nitrogen and oxygen atoms in total. The number of pyridine rings is 1. The molecule has 1 aliphatic rings. The maximum atomic E-state index is 5.65. The van der Waals surface area contributed by atoms with E-state index in [0.717, 1.165) is 44.8 Å². The fraction of sp³-hybridized carbons (Fsp3) is 0.615. The van der Waals surface area contributed by atoms with E-state index in [2.05, 4.69) is 10.3 Å². The third-order valence-corrected chi connectivity index (χ3v) is 3.32. The molecule has 0 amide bonds. The summed E-state index contributed by atoms with van der Waals surface area (Å²) >= 11 is 0. The van der Waals surface area contributed by atoms with E-state index in [1.807, 2.05) is 24.4 Å². The largest absolute Gasteiger partial charge is 0.381 e. The minimum Gasteiger partial charge on any atom is -0.381 e. The molecule has 2 heterocycles. The van der Waals surface area contributed by atoms with Crippen molar-refractivity contribution in [3.63, 3.8) is 0 Å². The number of nitrogens with zero attached hydrogens (tertiary/aromatic N) is 1. The van der Waals surface area contributed by atoms with Gasteiger partial charge in [0.05, 0.1) is 11.3 Å². The van der Waals surface area contributed by atoms with Crippen molar-refractivity contribution in [1.29, 1.82) is 0 Å². The second kappa shape index (κ2) is 6.10. The highest BCUT2D eigenvalue weighted by molar-refractivity contribution is 5.03. The molecule has 0 spiro atoms. The van der Waals surface area contributed by atoms with Crippen molar-refractivity contribution in [3.05, 3.63) is 30.1 Å². The van der Waals surface area contributed by atoms with Crippen molar-refractivity contribution in [2.24, 2.45) is 0 Å². The molecule has 1 saturated heterocycles. The van der Waals surface area contributed by atoms with Crippen LogP contribution in [0.4, 0.5) is 0 Å². The van der Waals surface area contributed by atoms with E-state index in [1.165, 1.54) is 0 Å². The summed E-state index contributed by atoms with van der Waals surface area (Å²) in [5.41, 5.74) is 0.998. The molecule has 1 aromatic heterocycles. The van der Waals surface area contributed by atoms with Gasteiger partial charge in [-0.3, -0.25) is 4.98 Å². The monoisotopic (exact) mass is 236 g/mol. The summed E-state index contributed by atoms with van der Waals surface area (Å²) in [5, 5.41) is 3.42. The first-order chi connectivity index (χ1) is 8.35. The summed E-state index contributed by atoms with van der Waals surface area (Å²) in [6.45, 7) is 3.22. The fourth-order valence-corrected chi connectivity index (χ4v) is 2.12. The van der Waals surface area contributed by atoms with E-state index < -0.39 is 0 Å². The van der Waals surface area contributed by atoms with Crippen molar-refractivity contribution in [2.75, 3.05) is 26.9 Å². The van der Waals surface area contributed by atoms with Crippen molar-refractivity contribution < 1.29 is 9.47 Å². The van der Waals surface area contributed by atoms with Gasteiger partial charge >= 0.3 is 0 Å². The Bertz CT molecular complexity index is 323. The second-order valence-corrected chi connectivity index (χ2v) is 4.42. The molecule has 1 fully saturated rings. The van der Waals surface area contributed by atoms with Gasteiger partial charge in [-0.25, -0.2) is 0 Å². The molecule has 0 saturated carbocycles. The third kappa shape index (κ3) is 3.49. The maximum absolute atomic E-state index is 5.65. The van der Waals surface area contributed by atoms with Gasteiger partial charge in [0.2, 0.25) is 0 Å². The first-order valence-corrected chi connectivity index (χ1v) is 6.08. The Morgan fingerprint density at radius 1 is 1.41 bits per heavy atom. The average molecular weight is 236 g/mol. The first-order valence-electron chi connectivity index (χ1n) is 6.08. The number of rotatable bonds is 5. The molecule has 2 rings (SSSR count). The van der Waals surface area contributed by atoms with E-state index >= 15 is 0 Å². The second-order valence-electron chi connectivity index (χ2n) is 4.42. The van der Waals surface area contributed by atoms with Crippen LogP contribution in [0.2, 0.25) is 0 Å². The Hall–Kier alpha value is -0.970. The lowest BCUT2D eigenvalue weighted by molar-refractivity contribution is -0.0877. The van der Waals surface area contributed by atoms with Crippen LogP contribution in [-0.2, 0) is 16.0 Å². The molecular weight excluding hydrogens is 216 g/mol. The minimum atomic E-state index is -0.0625. The summed E-state index contributed by atoms with van der Waals surface area (Å²) in [6, 6.07) is 5.96. The Balaban J connectivity index is 1.80. The van der Waals surface area contributed by atoms with Crippen LogP contribution in [-0.4, -0.2) is 37.5 Å². The zero-order chi connectivity index (χ0) is 12.0. The smallest absolute Gasteiger partial charge is 0.0846 e. The van der Waals surface area contributed by atoms with Crippen LogP contribution < -0.4 is 5.32 Å². The highest BCUT2D eigenvalue weighted by Gasteiger charge is 2.31. The predicted molar refractivity (Wildman–Crippen MR) is 65.7 cm³/mol. The van der Waals surface area contributed by atoms with E-state index in [1.54, 1.807) is 7.11 Å². The van der Waals surface area contributed by atoms with Gasteiger partial charge in [-0.1, -0.05) is 6.07 Å². The number of aromatic nitrogens is 1. The molecule has 1 aliphatic heterocycles. The molecule has 0 aromatic carbocycles. The summed E-state index contributed by atoms with van der Waals surface area (Å²) in [5.74, 6) is 0. The van der Waals surface area contributed by atoms with Crippen LogP contribution >= 0.6 is 0 Å². The maximum Gasteiger partial charge on any atom is 0.0846 e. The standard InChI is InChI=1S/C13H20N2O2/c1-16-13(5-8-17-9-6-13)11-14-10-12-4-2-3-7-15-12/h2-4,7,14H,5-6,8-11H2,1H3. The fourth-order valence-electron chi connectivity index (χ4n) is 2.12. The highest BCUT2D eigenvalue weighted by Crippen LogP contribution is 2.23. The van der Waals surface area contributed by atoms with Crippen molar-refractivity contribution >= 4 is 0 Å². The van der Waals surface area contributed by atoms with Crippen LogP contribution in [0.3, 0.4) is 0 Å². The Labute approximate surface area is 102 Å². The van der Waals surface area contributed by atoms with E-state index in [0.29, 0.717) is 0 Å². The minimum absolute atomic E-state index is 0.0625. The highest BCUT2D eigenvalue weighted by atomic mass is 16.5. The molecule has 4 heteroatoms. The lowest BCUT2D eigenvalue weighted by Gasteiger charge is -2.36. The van der Waals surface area contributed by atoms with Gasteiger partial charge in [0.25, 0.3) is 0 Å². The van der Waals surface area contributed by atoms with Crippen LogP contribution in [0.25, 0.3) is 0 Å². The van der Waals surface area contributed by atoms with Crippen LogP contribution in [0.5, 0.6) is 0 Å². The number of ether oxygens (including phenoxy) is 2. The number of hydrogen-bond donors (Lipinski definition) is 1. The Morgan fingerprint density at radius 2 is 2.24 bits per heavy atom. The summed E-state index contributed by atoms with van der Waals surface area (Å²) in [4.78, 5) is 4.28. The first kappa shape index (κ1) is 12.5. The zero-order valence-corrected chi connectivity index (χ0v) is 10.3. The van der Waals surface area contributed by atoms with Gasteiger partial charge in [-0.15, -0.1) is 0 Å². The third-order valence-electron chi connectivity index (χ3n) is 3.32. The van der Waals surface area contributed by atoms with Gasteiger partial charge in [0, 0.05) is 52.5 Å². The van der Waals surface area contributed by atoms with Gasteiger partial charge in [-0.2, -0.15) is 0 Å². The Morgan fingerprint density at radius 3 is 2.88 bits per heavy atom. The van der Waals surface area contributed by atoms with Gasteiger partial charge in [0.15, 0.2) is 0 Å². The van der Waals surface area contributed by atoms with E-state index in [-0.39, 0.29) is 5.60 Å². The number of nitrogens with one attached hydrogen (secondary N) is 1. The van der Waals surface area contributed by atoms with Gasteiger partial charge < -0.3 is 14.8 Å². The van der Waals surface area contributed by atoms with E-state index in [4.69, 9.17) is 9.47 Å². The summed E-state index contributed by atoms with van der Waals surface area (Å²) in [6.07, 6.45) is 3.73. The van der Waals surface area contributed by atoms with Crippen LogP contribution in [0, 0.1) is 0 Å².